The number of aromatic amines is 1. The first kappa shape index (κ1) is 24.3. The summed E-state index contributed by atoms with van der Waals surface area (Å²) >= 11 is 0. The zero-order valence-corrected chi connectivity index (χ0v) is 21.4. The Morgan fingerprint density at radius 3 is 2.64 bits per heavy atom. The van der Waals surface area contributed by atoms with Crippen LogP contribution >= 0.6 is 0 Å². The number of aryl methyl sites for hydroxylation is 1. The Hall–Kier alpha value is -3.44. The van der Waals surface area contributed by atoms with Crippen molar-refractivity contribution < 1.29 is 4.79 Å². The molecule has 1 aromatic heterocycles. The topological polar surface area (TPSA) is 52.2 Å². The predicted molar refractivity (Wildman–Crippen MR) is 146 cm³/mol. The number of carbonyl (C=O) groups excluding carboxylic acids is 1. The van der Waals surface area contributed by atoms with E-state index in [1.165, 1.54) is 11.1 Å². The molecule has 2 heterocycles. The van der Waals surface area contributed by atoms with Gasteiger partial charge in [-0.25, -0.2) is 4.98 Å². The second-order valence-electron chi connectivity index (χ2n) is 10.0. The Morgan fingerprint density at radius 1 is 1.06 bits per heavy atom. The summed E-state index contributed by atoms with van der Waals surface area (Å²) in [4.78, 5) is 26.2. The molecule has 0 saturated carbocycles. The number of nitrogens with zero attached hydrogens (tertiary/aromatic N) is 3. The number of imidazole rings is 1. The van der Waals surface area contributed by atoms with E-state index in [-0.39, 0.29) is 11.9 Å². The maximum atomic E-state index is 13.8. The van der Waals surface area contributed by atoms with Crippen LogP contribution in [0.2, 0.25) is 0 Å². The number of piperazine rings is 1. The van der Waals surface area contributed by atoms with E-state index >= 15 is 0 Å². The minimum atomic E-state index is 0.143. The first-order valence-electron chi connectivity index (χ1n) is 13.2. The van der Waals surface area contributed by atoms with Gasteiger partial charge in [0.1, 0.15) is 0 Å². The second-order valence-corrected chi connectivity index (χ2v) is 10.0. The third kappa shape index (κ3) is 5.21. The van der Waals surface area contributed by atoms with E-state index in [9.17, 15) is 4.79 Å². The molecule has 0 aliphatic carbocycles. The number of aromatic nitrogens is 2. The molecule has 3 aromatic carbocycles. The summed E-state index contributed by atoms with van der Waals surface area (Å²) in [6.07, 6.45) is 8.03. The Morgan fingerprint density at radius 2 is 1.86 bits per heavy atom. The van der Waals surface area contributed by atoms with Crippen molar-refractivity contribution in [1.29, 1.82) is 0 Å². The van der Waals surface area contributed by atoms with Gasteiger partial charge in [0.25, 0.3) is 5.91 Å². The largest absolute Gasteiger partial charge is 0.347 e. The van der Waals surface area contributed by atoms with E-state index in [4.69, 9.17) is 0 Å². The molecule has 0 spiro atoms. The molecule has 186 valence electrons. The van der Waals surface area contributed by atoms with Crippen LogP contribution in [0.4, 0.5) is 0 Å². The van der Waals surface area contributed by atoms with E-state index in [2.05, 4.69) is 76.1 Å². The molecular weight excluding hydrogens is 444 g/mol. The number of nitrogens with one attached hydrogen (secondary N) is 1. The highest BCUT2D eigenvalue weighted by atomic mass is 16.2. The van der Waals surface area contributed by atoms with Crippen LogP contribution in [-0.4, -0.2) is 51.4 Å². The number of benzene rings is 3. The zero-order valence-electron chi connectivity index (χ0n) is 21.4. The van der Waals surface area contributed by atoms with Crippen molar-refractivity contribution in [3.05, 3.63) is 102 Å². The summed E-state index contributed by atoms with van der Waals surface area (Å²) in [7, 11) is 0. The summed E-state index contributed by atoms with van der Waals surface area (Å²) in [5, 5.41) is 2.15. The number of hydrogen-bond acceptors (Lipinski definition) is 3. The molecule has 0 bridgehead atoms. The average Bonchev–Trinajstić information content (AvgIpc) is 3.46. The van der Waals surface area contributed by atoms with Crippen LogP contribution in [0, 0.1) is 6.92 Å². The van der Waals surface area contributed by atoms with Crippen LogP contribution in [0.5, 0.6) is 0 Å². The lowest BCUT2D eigenvalue weighted by Gasteiger charge is -2.45. The number of unbranched alkanes of at least 4 members (excludes halogenated alkanes) is 1. The number of hydrogen-bond donors (Lipinski definition) is 1. The highest BCUT2D eigenvalue weighted by Crippen LogP contribution is 2.31. The Bertz CT molecular complexity index is 1280. The van der Waals surface area contributed by atoms with Gasteiger partial charge in [0, 0.05) is 37.4 Å². The SMILES string of the molecule is CCCC[C@H]1CN(C(=O)c2cccc3ccccc23)CCN1C(Cc1ccc(C)cc1)c1cnc[nH]1. The zero-order chi connectivity index (χ0) is 24.9. The first-order valence-corrected chi connectivity index (χ1v) is 13.2. The average molecular weight is 481 g/mol. The number of fused-ring (bicyclic) bond motifs is 1. The molecule has 5 heteroatoms. The lowest BCUT2D eigenvalue weighted by Crippen LogP contribution is -2.56. The molecule has 5 rings (SSSR count). The number of amides is 1. The van der Waals surface area contributed by atoms with Crippen LogP contribution in [0.25, 0.3) is 10.8 Å². The maximum absolute atomic E-state index is 13.8. The molecular formula is C31H36N4O. The summed E-state index contributed by atoms with van der Waals surface area (Å²) in [6.45, 7) is 6.69. The Labute approximate surface area is 214 Å². The van der Waals surface area contributed by atoms with Crippen molar-refractivity contribution in [2.75, 3.05) is 19.6 Å². The molecule has 1 N–H and O–H groups in total. The van der Waals surface area contributed by atoms with E-state index in [0.29, 0.717) is 6.04 Å². The van der Waals surface area contributed by atoms with Crippen LogP contribution in [0.15, 0.2) is 79.3 Å². The molecule has 1 aliphatic rings. The van der Waals surface area contributed by atoms with Gasteiger partial charge in [0.15, 0.2) is 0 Å². The second kappa shape index (κ2) is 11.1. The van der Waals surface area contributed by atoms with Gasteiger partial charge in [-0.2, -0.15) is 0 Å². The van der Waals surface area contributed by atoms with Gasteiger partial charge in [-0.05, 0) is 42.2 Å². The summed E-state index contributed by atoms with van der Waals surface area (Å²) in [5.41, 5.74) is 4.55. The van der Waals surface area contributed by atoms with E-state index in [1.54, 1.807) is 6.33 Å². The lowest BCUT2D eigenvalue weighted by molar-refractivity contribution is 0.0277. The van der Waals surface area contributed by atoms with Crippen LogP contribution in [0.1, 0.15) is 59.4 Å². The smallest absolute Gasteiger partial charge is 0.254 e. The van der Waals surface area contributed by atoms with Crippen molar-refractivity contribution >= 4 is 16.7 Å². The fourth-order valence-electron chi connectivity index (χ4n) is 5.55. The molecule has 1 fully saturated rings. The third-order valence-electron chi connectivity index (χ3n) is 7.55. The molecule has 1 saturated heterocycles. The monoisotopic (exact) mass is 480 g/mol. The lowest BCUT2D eigenvalue weighted by atomic mass is 9.95. The summed E-state index contributed by atoms with van der Waals surface area (Å²) in [5.74, 6) is 0.143. The van der Waals surface area contributed by atoms with Crippen LogP contribution < -0.4 is 0 Å². The highest BCUT2D eigenvalue weighted by Gasteiger charge is 2.35. The molecule has 1 unspecified atom stereocenters. The molecule has 1 aliphatic heterocycles. The Balaban J connectivity index is 1.41. The molecule has 5 nitrogen and oxygen atoms in total. The quantitative estimate of drug-likeness (QED) is 0.328. The number of carbonyl (C=O) groups is 1. The van der Waals surface area contributed by atoms with Crippen molar-refractivity contribution in [2.45, 2.75) is 51.6 Å². The van der Waals surface area contributed by atoms with E-state index < -0.39 is 0 Å². The normalized spacial score (nSPS) is 17.4. The van der Waals surface area contributed by atoms with Gasteiger partial charge in [0.05, 0.1) is 18.1 Å². The summed E-state index contributed by atoms with van der Waals surface area (Å²) in [6, 6.07) is 23.6. The predicted octanol–water partition coefficient (Wildman–Crippen LogP) is 6.17. The maximum Gasteiger partial charge on any atom is 0.254 e. The van der Waals surface area contributed by atoms with Gasteiger partial charge in [-0.1, -0.05) is 86.0 Å². The van der Waals surface area contributed by atoms with Gasteiger partial charge in [0.2, 0.25) is 0 Å². The standard InChI is InChI=1S/C31H36N4O/c1-3-4-10-26-21-34(31(36)28-12-7-9-25-8-5-6-11-27(25)28)17-18-35(26)30(29-20-32-22-33-29)19-24-15-13-23(2)14-16-24/h5-9,11-16,20,22,26,30H,3-4,10,17-19,21H2,1-2H3,(H,32,33)/t26-,30?/m0/s1. The van der Waals surface area contributed by atoms with Crippen molar-refractivity contribution in [2.24, 2.45) is 0 Å². The van der Waals surface area contributed by atoms with Gasteiger partial charge >= 0.3 is 0 Å². The van der Waals surface area contributed by atoms with Crippen molar-refractivity contribution in [3.8, 4) is 0 Å². The van der Waals surface area contributed by atoms with Gasteiger partial charge in [-0.15, -0.1) is 0 Å². The molecule has 0 radical (unpaired) electrons. The van der Waals surface area contributed by atoms with Crippen LogP contribution in [0.3, 0.4) is 0 Å². The number of rotatable bonds is 8. The Kier molecular flexibility index (Phi) is 7.47. The summed E-state index contributed by atoms with van der Waals surface area (Å²) < 4.78 is 0. The first-order chi connectivity index (χ1) is 17.6. The number of H-pyrrole nitrogens is 1. The molecule has 4 aromatic rings. The molecule has 2 atom stereocenters. The van der Waals surface area contributed by atoms with Gasteiger partial charge in [-0.3, -0.25) is 9.69 Å². The van der Waals surface area contributed by atoms with Crippen molar-refractivity contribution in [3.63, 3.8) is 0 Å². The van der Waals surface area contributed by atoms with Crippen molar-refractivity contribution in [1.82, 2.24) is 19.8 Å². The van der Waals surface area contributed by atoms with Crippen LogP contribution in [-0.2, 0) is 6.42 Å². The van der Waals surface area contributed by atoms with Gasteiger partial charge < -0.3 is 9.88 Å². The minimum Gasteiger partial charge on any atom is -0.347 e. The third-order valence-corrected chi connectivity index (χ3v) is 7.55. The van der Waals surface area contributed by atoms with E-state index in [0.717, 1.165) is 67.3 Å². The fourth-order valence-corrected chi connectivity index (χ4v) is 5.55. The fraction of sp³-hybridized carbons (Fsp3) is 0.355. The van der Waals surface area contributed by atoms with E-state index in [1.807, 2.05) is 30.5 Å². The minimum absolute atomic E-state index is 0.143. The molecule has 36 heavy (non-hydrogen) atoms. The molecule has 1 amide bonds. The highest BCUT2D eigenvalue weighted by molar-refractivity contribution is 6.07.